The van der Waals surface area contributed by atoms with E-state index in [2.05, 4.69) is 6.92 Å². The Bertz CT molecular complexity index is 290. The van der Waals surface area contributed by atoms with Gasteiger partial charge < -0.3 is 22.6 Å². The van der Waals surface area contributed by atoms with E-state index in [0.29, 0.717) is 4.48 Å². The summed E-state index contributed by atoms with van der Waals surface area (Å²) < 4.78 is 0.346. The van der Waals surface area contributed by atoms with E-state index in [1.54, 1.807) is 13.8 Å². The molecule has 0 saturated heterocycles. The van der Waals surface area contributed by atoms with E-state index < -0.39 is 12.5 Å². The molecule has 2 atom stereocenters. The standard InChI is InChI=1S/C23H50NO2.ClH/c1-5-6-7-8-9-10-11-12-13-14-15-16-17-18-19-20-21-24(4,22(2)25)23(3)26;/h22-23,25-26H,5-21H2,1-4H3;1H/q+1;/p-1. The number of nitrogens with zero attached hydrogens (tertiary/aromatic N) is 1. The second kappa shape index (κ2) is 19.5. The van der Waals surface area contributed by atoms with Crippen molar-refractivity contribution >= 4 is 0 Å². The number of aliphatic hydroxyl groups excluding tert-OH is 2. The minimum atomic E-state index is -0.508. The molecule has 0 bridgehead atoms. The number of hydrogen-bond acceptors (Lipinski definition) is 2. The first-order chi connectivity index (χ1) is 12.4. The Kier molecular flexibility index (Phi) is 21.2. The third-order valence-corrected chi connectivity index (χ3v) is 6.20. The van der Waals surface area contributed by atoms with Gasteiger partial charge in [-0.25, -0.2) is 0 Å². The fourth-order valence-corrected chi connectivity index (χ4v) is 3.69. The minimum Gasteiger partial charge on any atom is -1.00 e. The molecule has 0 aliphatic heterocycles. The van der Waals surface area contributed by atoms with Gasteiger partial charge in [0.05, 0.1) is 13.6 Å². The van der Waals surface area contributed by atoms with Gasteiger partial charge in [0.15, 0.2) is 12.5 Å². The topological polar surface area (TPSA) is 40.5 Å². The number of rotatable bonds is 19. The molecule has 0 aromatic carbocycles. The maximum absolute atomic E-state index is 9.88. The fourth-order valence-electron chi connectivity index (χ4n) is 3.69. The molecular weight excluding hydrogens is 358 g/mol. The van der Waals surface area contributed by atoms with Crippen LogP contribution in [0.15, 0.2) is 0 Å². The largest absolute Gasteiger partial charge is 1.00 e. The zero-order valence-electron chi connectivity index (χ0n) is 18.9. The SMILES string of the molecule is CCCCCCCCCCCCCCCCCC[N+](C)(C(C)O)C(C)O.[Cl-]. The van der Waals surface area contributed by atoms with Crippen LogP contribution >= 0.6 is 0 Å². The summed E-state index contributed by atoms with van der Waals surface area (Å²) in [4.78, 5) is 0. The van der Waals surface area contributed by atoms with E-state index >= 15 is 0 Å². The zero-order valence-corrected chi connectivity index (χ0v) is 19.7. The number of unbranched alkanes of at least 4 members (excludes halogenated alkanes) is 15. The predicted octanol–water partition coefficient (Wildman–Crippen LogP) is 3.38. The van der Waals surface area contributed by atoms with Crippen LogP contribution in [0.3, 0.4) is 0 Å². The summed E-state index contributed by atoms with van der Waals surface area (Å²) in [6, 6.07) is 0. The molecule has 4 heteroatoms. The smallest absolute Gasteiger partial charge is 0.189 e. The lowest BCUT2D eigenvalue weighted by Crippen LogP contribution is -3.00. The zero-order chi connectivity index (χ0) is 19.7. The fraction of sp³-hybridized carbons (Fsp3) is 1.00. The van der Waals surface area contributed by atoms with Gasteiger partial charge in [-0.3, -0.25) is 4.48 Å². The molecule has 0 heterocycles. The van der Waals surface area contributed by atoms with E-state index in [9.17, 15) is 10.2 Å². The molecule has 0 spiro atoms. The van der Waals surface area contributed by atoms with Crippen molar-refractivity contribution < 1.29 is 27.1 Å². The first-order valence-corrected chi connectivity index (χ1v) is 11.7. The van der Waals surface area contributed by atoms with Gasteiger partial charge in [-0.2, -0.15) is 0 Å². The third-order valence-electron chi connectivity index (χ3n) is 6.20. The highest BCUT2D eigenvalue weighted by molar-refractivity contribution is 4.50. The van der Waals surface area contributed by atoms with Crippen LogP contribution in [0.25, 0.3) is 0 Å². The van der Waals surface area contributed by atoms with E-state index in [4.69, 9.17) is 0 Å². The van der Waals surface area contributed by atoms with Crippen molar-refractivity contribution in [3.63, 3.8) is 0 Å². The summed E-state index contributed by atoms with van der Waals surface area (Å²) in [5.41, 5.74) is 0. The molecular formula is C23H50ClNO2. The van der Waals surface area contributed by atoms with E-state index in [-0.39, 0.29) is 12.4 Å². The van der Waals surface area contributed by atoms with Crippen LogP contribution in [0, 0.1) is 0 Å². The molecule has 2 unspecified atom stereocenters. The molecule has 166 valence electrons. The number of hydrogen-bond donors (Lipinski definition) is 2. The molecule has 2 N–H and O–H groups in total. The van der Waals surface area contributed by atoms with Crippen LogP contribution in [0.2, 0.25) is 0 Å². The molecule has 27 heavy (non-hydrogen) atoms. The molecule has 0 saturated carbocycles. The van der Waals surface area contributed by atoms with Crippen LogP contribution in [0.4, 0.5) is 0 Å². The second-order valence-corrected chi connectivity index (χ2v) is 8.64. The molecule has 0 aromatic heterocycles. The minimum absolute atomic E-state index is 0. The highest BCUT2D eigenvalue weighted by Crippen LogP contribution is 2.17. The lowest BCUT2D eigenvalue weighted by molar-refractivity contribution is -0.990. The molecule has 0 radical (unpaired) electrons. The van der Waals surface area contributed by atoms with Crippen molar-refractivity contribution in [1.29, 1.82) is 0 Å². The number of quaternary nitrogens is 1. The van der Waals surface area contributed by atoms with Crippen LogP contribution < -0.4 is 12.4 Å². The normalized spacial score (nSPS) is 15.8. The van der Waals surface area contributed by atoms with Crippen LogP contribution in [0.5, 0.6) is 0 Å². The molecule has 0 rings (SSSR count). The molecule has 3 nitrogen and oxygen atoms in total. The highest BCUT2D eigenvalue weighted by Gasteiger charge is 2.31. The first-order valence-electron chi connectivity index (χ1n) is 11.7. The third kappa shape index (κ3) is 15.7. The highest BCUT2D eigenvalue weighted by atomic mass is 35.5. The van der Waals surface area contributed by atoms with Gasteiger partial charge >= 0.3 is 0 Å². The van der Waals surface area contributed by atoms with Gasteiger partial charge in [-0.05, 0) is 12.8 Å². The Hall–Kier alpha value is 0.170. The van der Waals surface area contributed by atoms with Crippen molar-refractivity contribution in [1.82, 2.24) is 0 Å². The van der Waals surface area contributed by atoms with E-state index in [0.717, 1.165) is 13.0 Å². The number of halogens is 1. The van der Waals surface area contributed by atoms with Gasteiger partial charge in [-0.1, -0.05) is 96.8 Å². The van der Waals surface area contributed by atoms with Gasteiger partial charge in [0, 0.05) is 13.8 Å². The van der Waals surface area contributed by atoms with Crippen molar-refractivity contribution in [3.05, 3.63) is 0 Å². The van der Waals surface area contributed by atoms with Crippen molar-refractivity contribution in [2.45, 2.75) is 136 Å². The average molecular weight is 408 g/mol. The monoisotopic (exact) mass is 407 g/mol. The van der Waals surface area contributed by atoms with E-state index in [1.165, 1.54) is 96.3 Å². The van der Waals surface area contributed by atoms with Gasteiger partial charge in [0.1, 0.15) is 0 Å². The Balaban J connectivity index is 0. The first kappa shape index (κ1) is 29.4. The number of aliphatic hydroxyl groups is 2. The van der Waals surface area contributed by atoms with Crippen LogP contribution in [-0.4, -0.2) is 40.7 Å². The molecule has 0 fully saturated rings. The maximum atomic E-state index is 9.88. The van der Waals surface area contributed by atoms with Gasteiger partial charge in [0.2, 0.25) is 0 Å². The van der Waals surface area contributed by atoms with Crippen LogP contribution in [-0.2, 0) is 0 Å². The molecule has 0 aliphatic rings. The Labute approximate surface area is 176 Å². The predicted molar refractivity (Wildman–Crippen MR) is 114 cm³/mol. The van der Waals surface area contributed by atoms with Crippen molar-refractivity contribution in [2.75, 3.05) is 13.6 Å². The Morgan fingerprint density at radius 2 is 0.815 bits per heavy atom. The quantitative estimate of drug-likeness (QED) is 0.196. The second-order valence-electron chi connectivity index (χ2n) is 8.64. The summed E-state index contributed by atoms with van der Waals surface area (Å²) in [5.74, 6) is 0. The summed E-state index contributed by atoms with van der Waals surface area (Å²) in [6.07, 6.45) is 20.9. The summed E-state index contributed by atoms with van der Waals surface area (Å²) in [6.45, 7) is 6.69. The van der Waals surface area contributed by atoms with Crippen LogP contribution in [0.1, 0.15) is 124 Å². The molecule has 0 aromatic rings. The molecule has 0 aliphatic carbocycles. The van der Waals surface area contributed by atoms with Crippen molar-refractivity contribution in [2.24, 2.45) is 0 Å². The maximum Gasteiger partial charge on any atom is 0.189 e. The van der Waals surface area contributed by atoms with Gasteiger partial charge in [-0.15, -0.1) is 0 Å². The average Bonchev–Trinajstić information content (AvgIpc) is 2.60. The lowest BCUT2D eigenvalue weighted by Gasteiger charge is -2.39. The molecule has 0 amide bonds. The summed E-state index contributed by atoms with van der Waals surface area (Å²) in [5, 5.41) is 19.8. The van der Waals surface area contributed by atoms with Gasteiger partial charge in [0.25, 0.3) is 0 Å². The van der Waals surface area contributed by atoms with E-state index in [1.807, 2.05) is 7.05 Å². The summed E-state index contributed by atoms with van der Waals surface area (Å²) >= 11 is 0. The van der Waals surface area contributed by atoms with Crippen molar-refractivity contribution in [3.8, 4) is 0 Å². The Morgan fingerprint density at radius 1 is 0.556 bits per heavy atom. The Morgan fingerprint density at radius 3 is 1.07 bits per heavy atom. The summed E-state index contributed by atoms with van der Waals surface area (Å²) in [7, 11) is 1.94. The lowest BCUT2D eigenvalue weighted by atomic mass is 10.0.